The summed E-state index contributed by atoms with van der Waals surface area (Å²) < 4.78 is 8.62. The number of ether oxygens (including phenoxy) is 1. The minimum absolute atomic E-state index is 0.592. The average Bonchev–Trinajstić information content (AvgIpc) is 2.64. The van der Waals surface area contributed by atoms with E-state index in [4.69, 9.17) is 9.72 Å². The number of hydrogen-bond donors (Lipinski definition) is 0. The van der Waals surface area contributed by atoms with Gasteiger partial charge < -0.3 is 4.74 Å². The first-order valence-electron chi connectivity index (χ1n) is 9.96. The van der Waals surface area contributed by atoms with Crippen LogP contribution in [0, 0.1) is 19.8 Å². The first kappa shape index (κ1) is 17.2. The van der Waals surface area contributed by atoms with Crippen molar-refractivity contribution in [3.63, 3.8) is 0 Å². The zero-order chi connectivity index (χ0) is 19.6. The van der Waals surface area contributed by atoms with E-state index in [1.807, 2.05) is 6.33 Å². The van der Waals surface area contributed by atoms with Crippen molar-refractivity contribution in [1.29, 1.82) is 0 Å². The Kier molecular flexibility index (Phi) is 3.70. The summed E-state index contributed by atoms with van der Waals surface area (Å²) in [6, 6.07) is 13.2. The maximum Gasteiger partial charge on any atom is 0.287 e. The van der Waals surface area contributed by atoms with Crippen molar-refractivity contribution in [2.24, 2.45) is 13.0 Å². The molecule has 0 amide bonds. The first-order chi connectivity index (χ1) is 13.4. The maximum absolute atomic E-state index is 6.49. The smallest absolute Gasteiger partial charge is 0.287 e. The highest BCUT2D eigenvalue weighted by Crippen LogP contribution is 2.48. The van der Waals surface area contributed by atoms with Gasteiger partial charge in [0, 0.05) is 0 Å². The Morgan fingerprint density at radius 2 is 1.86 bits per heavy atom. The predicted octanol–water partition coefficient (Wildman–Crippen LogP) is 5.80. The van der Waals surface area contributed by atoms with Crippen LogP contribution in [0.4, 0.5) is 0 Å². The zero-order valence-corrected chi connectivity index (χ0v) is 17.1. The lowest BCUT2D eigenvalue weighted by Gasteiger charge is -2.23. The van der Waals surface area contributed by atoms with Crippen molar-refractivity contribution >= 4 is 21.7 Å². The van der Waals surface area contributed by atoms with Gasteiger partial charge in [-0.05, 0) is 71.3 Å². The van der Waals surface area contributed by atoms with Crippen LogP contribution in [0.15, 0.2) is 42.7 Å². The van der Waals surface area contributed by atoms with E-state index in [2.05, 4.69) is 75.7 Å². The van der Waals surface area contributed by atoms with E-state index >= 15 is 0 Å². The molecule has 0 saturated heterocycles. The van der Waals surface area contributed by atoms with E-state index < -0.39 is 0 Å². The van der Waals surface area contributed by atoms with E-state index in [1.54, 1.807) is 0 Å². The van der Waals surface area contributed by atoms with Crippen molar-refractivity contribution in [2.45, 2.75) is 34.1 Å². The van der Waals surface area contributed by atoms with Crippen LogP contribution in [0.1, 0.15) is 30.5 Å². The van der Waals surface area contributed by atoms with Crippen molar-refractivity contribution < 1.29 is 9.30 Å². The van der Waals surface area contributed by atoms with Crippen molar-refractivity contribution in [1.82, 2.24) is 4.98 Å². The summed E-state index contributed by atoms with van der Waals surface area (Å²) in [5.41, 5.74) is 7.19. The second-order valence-electron chi connectivity index (χ2n) is 8.49. The van der Waals surface area contributed by atoms with Gasteiger partial charge in [0.05, 0.1) is 12.6 Å². The number of aryl methyl sites for hydroxylation is 3. The summed E-state index contributed by atoms with van der Waals surface area (Å²) in [6.45, 7) is 8.83. The Hall–Kier alpha value is -2.94. The molecular weight excluding hydrogens is 344 g/mol. The van der Waals surface area contributed by atoms with E-state index in [0.717, 1.165) is 28.8 Å². The quantitative estimate of drug-likeness (QED) is 0.368. The topological polar surface area (TPSA) is 26.0 Å². The number of hydrogen-bond acceptors (Lipinski definition) is 2. The Balaban J connectivity index is 1.87. The molecule has 0 N–H and O–H groups in total. The number of benzene rings is 3. The molecule has 0 bridgehead atoms. The Bertz CT molecular complexity index is 1270. The standard InChI is InChI=1S/C25H25N2O/c1-14(2)8-17-10-20-24-21(11-17)28-22-12-18-7-6-15(3)9-19(18)16(4)23(22)25(24)27(5)13-26-20/h6-7,9-14H,8H2,1-5H3/q+1. The lowest BCUT2D eigenvalue weighted by Crippen LogP contribution is -2.32. The van der Waals surface area contributed by atoms with Crippen LogP contribution >= 0.6 is 0 Å². The highest BCUT2D eigenvalue weighted by atomic mass is 16.5. The fourth-order valence-electron chi connectivity index (χ4n) is 4.50. The van der Waals surface area contributed by atoms with Gasteiger partial charge >= 0.3 is 0 Å². The third-order valence-corrected chi connectivity index (χ3v) is 5.72. The van der Waals surface area contributed by atoms with Gasteiger partial charge in [-0.3, -0.25) is 0 Å². The van der Waals surface area contributed by atoms with Crippen LogP contribution in [-0.2, 0) is 13.5 Å². The van der Waals surface area contributed by atoms with Crippen LogP contribution in [0.25, 0.3) is 32.9 Å². The molecule has 0 unspecified atom stereocenters. The SMILES string of the molecule is Cc1ccc2cc3c(c(C)c2c1)-c1c2c(cc(CC(C)C)cc2nc[n+]1C)O3. The molecule has 3 aromatic carbocycles. The summed E-state index contributed by atoms with van der Waals surface area (Å²) in [7, 11) is 2.07. The molecule has 1 aliphatic heterocycles. The van der Waals surface area contributed by atoms with Gasteiger partial charge in [0.25, 0.3) is 6.33 Å². The second kappa shape index (κ2) is 6.03. The molecule has 0 aliphatic carbocycles. The predicted molar refractivity (Wildman–Crippen MR) is 114 cm³/mol. The Morgan fingerprint density at radius 1 is 1.04 bits per heavy atom. The van der Waals surface area contributed by atoms with Crippen LogP contribution < -0.4 is 9.30 Å². The summed E-state index contributed by atoms with van der Waals surface area (Å²) in [6.07, 6.45) is 2.95. The molecule has 2 heterocycles. The molecule has 0 radical (unpaired) electrons. The van der Waals surface area contributed by atoms with E-state index in [-0.39, 0.29) is 0 Å². The normalized spacial score (nSPS) is 12.5. The minimum atomic E-state index is 0.592. The highest BCUT2D eigenvalue weighted by Gasteiger charge is 2.30. The van der Waals surface area contributed by atoms with Crippen molar-refractivity contribution in [3.05, 3.63) is 59.4 Å². The van der Waals surface area contributed by atoms with Crippen LogP contribution in [-0.4, -0.2) is 4.98 Å². The van der Waals surface area contributed by atoms with Gasteiger partial charge in [-0.1, -0.05) is 37.6 Å². The monoisotopic (exact) mass is 369 g/mol. The number of nitrogens with zero attached hydrogens (tertiary/aromatic N) is 2. The highest BCUT2D eigenvalue weighted by molar-refractivity contribution is 6.04. The minimum Gasteiger partial charge on any atom is -0.456 e. The molecule has 28 heavy (non-hydrogen) atoms. The fraction of sp³-hybridized carbons (Fsp3) is 0.280. The van der Waals surface area contributed by atoms with Crippen LogP contribution in [0.3, 0.4) is 0 Å². The van der Waals surface area contributed by atoms with Gasteiger partial charge in [0.1, 0.15) is 16.9 Å². The molecule has 0 atom stereocenters. The Labute approximate surface area is 165 Å². The molecule has 0 saturated carbocycles. The molecule has 0 fully saturated rings. The van der Waals surface area contributed by atoms with E-state index in [9.17, 15) is 0 Å². The molecule has 140 valence electrons. The lowest BCUT2D eigenvalue weighted by molar-refractivity contribution is -0.662. The molecule has 3 heteroatoms. The summed E-state index contributed by atoms with van der Waals surface area (Å²) >= 11 is 0. The summed E-state index contributed by atoms with van der Waals surface area (Å²) in [5, 5.41) is 3.61. The van der Waals surface area contributed by atoms with Gasteiger partial charge in [-0.2, -0.15) is 0 Å². The lowest BCUT2D eigenvalue weighted by atomic mass is 9.91. The molecule has 3 nitrogen and oxygen atoms in total. The van der Waals surface area contributed by atoms with Gasteiger partial charge in [-0.25, -0.2) is 4.57 Å². The molecule has 1 aliphatic rings. The van der Waals surface area contributed by atoms with E-state index in [0.29, 0.717) is 5.92 Å². The summed E-state index contributed by atoms with van der Waals surface area (Å²) in [4.78, 5) is 4.71. The number of fused-ring (bicyclic) bond motifs is 3. The zero-order valence-electron chi connectivity index (χ0n) is 17.1. The maximum atomic E-state index is 6.49. The average molecular weight is 369 g/mol. The van der Waals surface area contributed by atoms with Crippen LogP contribution in [0.2, 0.25) is 0 Å². The number of aromatic nitrogens is 2. The Morgan fingerprint density at radius 3 is 2.64 bits per heavy atom. The van der Waals surface area contributed by atoms with Crippen molar-refractivity contribution in [2.75, 3.05) is 0 Å². The first-order valence-corrected chi connectivity index (χ1v) is 9.96. The molecule has 0 spiro atoms. The van der Waals surface area contributed by atoms with Gasteiger partial charge in [0.2, 0.25) is 0 Å². The molecule has 5 rings (SSSR count). The van der Waals surface area contributed by atoms with Gasteiger partial charge in [0.15, 0.2) is 11.2 Å². The van der Waals surface area contributed by atoms with E-state index in [1.165, 1.54) is 38.7 Å². The van der Waals surface area contributed by atoms with Gasteiger partial charge in [-0.15, -0.1) is 0 Å². The van der Waals surface area contributed by atoms with Crippen LogP contribution in [0.5, 0.6) is 11.5 Å². The largest absolute Gasteiger partial charge is 0.456 e. The third kappa shape index (κ3) is 2.50. The van der Waals surface area contributed by atoms with Crippen molar-refractivity contribution in [3.8, 4) is 22.8 Å². The molecule has 4 aromatic rings. The number of rotatable bonds is 2. The second-order valence-corrected chi connectivity index (χ2v) is 8.49. The fourth-order valence-corrected chi connectivity index (χ4v) is 4.50. The molecular formula is C25H25N2O+. The summed E-state index contributed by atoms with van der Waals surface area (Å²) in [5.74, 6) is 2.45. The molecule has 1 aromatic heterocycles. The third-order valence-electron chi connectivity index (χ3n) is 5.72.